The Bertz CT molecular complexity index is 1070. The molecular formula is C27H39N3O6. The predicted molar refractivity (Wildman–Crippen MR) is 141 cm³/mol. The minimum atomic E-state index is -0.745. The minimum absolute atomic E-state index is 0.159. The van der Waals surface area contributed by atoms with Crippen molar-refractivity contribution in [2.24, 2.45) is 11.5 Å². The molecule has 3 rings (SSSR count). The number of amides is 2. The van der Waals surface area contributed by atoms with Crippen molar-refractivity contribution in [2.45, 2.75) is 58.6 Å². The molecule has 1 unspecified atom stereocenters. The van der Waals surface area contributed by atoms with Crippen molar-refractivity contribution in [1.82, 2.24) is 0 Å². The third-order valence-electron chi connectivity index (χ3n) is 5.48. The number of nitrogens with two attached hydrogens (primary N) is 2. The Labute approximate surface area is 213 Å². The van der Waals surface area contributed by atoms with Crippen LogP contribution in [0.1, 0.15) is 45.2 Å². The lowest BCUT2D eigenvalue weighted by molar-refractivity contribution is -0.120. The average molecular weight is 502 g/mol. The number of primary amides is 1. The summed E-state index contributed by atoms with van der Waals surface area (Å²) in [7, 11) is 4.87. The molecule has 0 radical (unpaired) electrons. The van der Waals surface area contributed by atoms with E-state index in [1.165, 1.54) is 6.92 Å². The Hall–Kier alpha value is -3.30. The van der Waals surface area contributed by atoms with E-state index >= 15 is 0 Å². The number of carbonyl (C=O) groups excluding carboxylic acids is 2. The molecule has 198 valence electrons. The molecule has 36 heavy (non-hydrogen) atoms. The molecule has 0 bridgehead atoms. The second-order valence-electron chi connectivity index (χ2n) is 9.53. The first kappa shape index (κ1) is 28.9. The van der Waals surface area contributed by atoms with Gasteiger partial charge in [-0.15, -0.1) is 0 Å². The molecule has 0 saturated heterocycles. The number of benzene rings is 2. The maximum Gasteiger partial charge on any atom is 0.243 e. The lowest BCUT2D eigenvalue weighted by atomic mass is 9.94. The quantitative estimate of drug-likeness (QED) is 0.529. The van der Waals surface area contributed by atoms with Crippen LogP contribution in [0.2, 0.25) is 0 Å². The Morgan fingerprint density at radius 2 is 1.61 bits per heavy atom. The van der Waals surface area contributed by atoms with E-state index in [1.54, 1.807) is 21.3 Å². The predicted octanol–water partition coefficient (Wildman–Crippen LogP) is 3.44. The number of rotatable bonds is 7. The number of carbonyl (C=O) groups is 2. The summed E-state index contributed by atoms with van der Waals surface area (Å²) in [4.78, 5) is 21.8. The number of nitrogens with one attached hydrogen (secondary N) is 1. The lowest BCUT2D eigenvalue weighted by Crippen LogP contribution is -2.41. The monoisotopic (exact) mass is 501 g/mol. The van der Waals surface area contributed by atoms with Crippen LogP contribution in [-0.4, -0.2) is 51.4 Å². The van der Waals surface area contributed by atoms with E-state index in [0.29, 0.717) is 22.9 Å². The number of aryl methyl sites for hydroxylation is 2. The molecule has 9 heteroatoms. The van der Waals surface area contributed by atoms with Gasteiger partial charge in [0.25, 0.3) is 0 Å². The van der Waals surface area contributed by atoms with Gasteiger partial charge in [0, 0.05) is 18.2 Å². The van der Waals surface area contributed by atoms with Crippen LogP contribution < -0.4 is 31.0 Å². The molecule has 0 aliphatic heterocycles. The van der Waals surface area contributed by atoms with Crippen LogP contribution in [0, 0.1) is 0 Å². The van der Waals surface area contributed by atoms with Gasteiger partial charge in [-0.2, -0.15) is 0 Å². The van der Waals surface area contributed by atoms with Gasteiger partial charge in [-0.05, 0) is 74.9 Å². The van der Waals surface area contributed by atoms with Gasteiger partial charge in [0.15, 0.2) is 11.5 Å². The third-order valence-corrected chi connectivity index (χ3v) is 5.48. The SMILES string of the molecule is CC(N)=O.COc1cc2c(c(OC)c1OC)-c1ccc(NC(=O)C(N)COC(C)(C)C)cc1CCC2. The molecule has 0 spiro atoms. The van der Waals surface area contributed by atoms with Crippen molar-refractivity contribution >= 4 is 17.5 Å². The van der Waals surface area contributed by atoms with Crippen LogP contribution in [-0.2, 0) is 27.2 Å². The molecule has 5 N–H and O–H groups in total. The molecule has 2 amide bonds. The summed E-state index contributed by atoms with van der Waals surface area (Å²) < 4.78 is 22.5. The van der Waals surface area contributed by atoms with E-state index in [9.17, 15) is 9.59 Å². The number of ether oxygens (including phenoxy) is 4. The van der Waals surface area contributed by atoms with E-state index < -0.39 is 6.04 Å². The van der Waals surface area contributed by atoms with Gasteiger partial charge in [-0.25, -0.2) is 0 Å². The Morgan fingerprint density at radius 1 is 1.00 bits per heavy atom. The van der Waals surface area contributed by atoms with Gasteiger partial charge >= 0.3 is 0 Å². The molecule has 1 aliphatic carbocycles. The van der Waals surface area contributed by atoms with Crippen molar-refractivity contribution in [3.8, 4) is 28.4 Å². The minimum Gasteiger partial charge on any atom is -0.493 e. The molecule has 1 atom stereocenters. The van der Waals surface area contributed by atoms with Crippen molar-refractivity contribution in [3.63, 3.8) is 0 Å². The Balaban J connectivity index is 0.00000106. The van der Waals surface area contributed by atoms with Gasteiger partial charge < -0.3 is 35.7 Å². The van der Waals surface area contributed by atoms with Crippen molar-refractivity contribution in [2.75, 3.05) is 33.3 Å². The second-order valence-corrected chi connectivity index (χ2v) is 9.53. The highest BCUT2D eigenvalue weighted by Gasteiger charge is 2.26. The summed E-state index contributed by atoms with van der Waals surface area (Å²) in [5.41, 5.74) is 15.2. The first-order chi connectivity index (χ1) is 16.9. The van der Waals surface area contributed by atoms with Gasteiger partial charge in [0.1, 0.15) is 6.04 Å². The zero-order valence-electron chi connectivity index (χ0n) is 22.3. The second kappa shape index (κ2) is 12.6. The molecule has 1 aliphatic rings. The highest BCUT2D eigenvalue weighted by Crippen LogP contribution is 2.49. The molecule has 9 nitrogen and oxygen atoms in total. The molecular weight excluding hydrogens is 462 g/mol. The molecule has 0 fully saturated rings. The average Bonchev–Trinajstić information content (AvgIpc) is 2.98. The summed E-state index contributed by atoms with van der Waals surface area (Å²) in [6.07, 6.45) is 2.73. The van der Waals surface area contributed by atoms with Crippen molar-refractivity contribution < 1.29 is 28.5 Å². The summed E-state index contributed by atoms with van der Waals surface area (Å²) in [6.45, 7) is 7.26. The van der Waals surface area contributed by atoms with Crippen molar-refractivity contribution in [3.05, 3.63) is 35.4 Å². The van der Waals surface area contributed by atoms with Gasteiger partial charge in [-0.1, -0.05) is 6.07 Å². The highest BCUT2D eigenvalue weighted by atomic mass is 16.5. The largest absolute Gasteiger partial charge is 0.493 e. The van der Waals surface area contributed by atoms with E-state index in [2.05, 4.69) is 11.1 Å². The normalized spacial score (nSPS) is 13.1. The smallest absolute Gasteiger partial charge is 0.243 e. The molecule has 0 aromatic heterocycles. The number of hydrogen-bond acceptors (Lipinski definition) is 7. The maximum absolute atomic E-state index is 12.6. The number of hydrogen-bond donors (Lipinski definition) is 3. The van der Waals surface area contributed by atoms with Crippen molar-refractivity contribution in [1.29, 1.82) is 0 Å². The Morgan fingerprint density at radius 3 is 2.17 bits per heavy atom. The van der Waals surface area contributed by atoms with Crippen LogP contribution in [0.4, 0.5) is 5.69 Å². The fraction of sp³-hybridized carbons (Fsp3) is 0.481. The maximum atomic E-state index is 12.6. The molecule has 0 heterocycles. The van der Waals surface area contributed by atoms with Crippen LogP contribution >= 0.6 is 0 Å². The molecule has 2 aromatic carbocycles. The summed E-state index contributed by atoms with van der Waals surface area (Å²) in [5.74, 6) is 1.28. The fourth-order valence-corrected chi connectivity index (χ4v) is 3.94. The Kier molecular flexibility index (Phi) is 10.1. The first-order valence-corrected chi connectivity index (χ1v) is 11.8. The van der Waals surface area contributed by atoms with E-state index in [4.69, 9.17) is 24.7 Å². The van der Waals surface area contributed by atoms with Gasteiger partial charge in [0.05, 0.1) is 33.5 Å². The molecule has 2 aromatic rings. The van der Waals surface area contributed by atoms with Crippen LogP contribution in [0.5, 0.6) is 17.2 Å². The number of methoxy groups -OCH3 is 3. The summed E-state index contributed by atoms with van der Waals surface area (Å²) >= 11 is 0. The summed E-state index contributed by atoms with van der Waals surface area (Å²) in [5, 5.41) is 2.92. The zero-order valence-corrected chi connectivity index (χ0v) is 22.3. The van der Waals surface area contributed by atoms with Gasteiger partial charge in [0.2, 0.25) is 17.6 Å². The third kappa shape index (κ3) is 7.60. The summed E-state index contributed by atoms with van der Waals surface area (Å²) in [6, 6.07) is 7.19. The van der Waals surface area contributed by atoms with Crippen LogP contribution in [0.25, 0.3) is 11.1 Å². The molecule has 0 saturated carbocycles. The standard InChI is InChI=1S/C25H34N2O5.C2H5NO/c1-25(2,3)32-14-19(26)24(28)27-17-10-11-18-15(12-17)8-7-9-16-13-20(29-4)22(30-5)23(31-6)21(16)18;1-2(3)4/h10-13,19H,7-9,14,26H2,1-6H3,(H,27,28);1H3,(H2,3,4). The van der Waals surface area contributed by atoms with E-state index in [-0.39, 0.29) is 24.0 Å². The topological polar surface area (TPSA) is 135 Å². The van der Waals surface area contributed by atoms with Crippen LogP contribution in [0.3, 0.4) is 0 Å². The lowest BCUT2D eigenvalue weighted by Gasteiger charge is -2.22. The van der Waals surface area contributed by atoms with E-state index in [1.807, 2.05) is 45.0 Å². The highest BCUT2D eigenvalue weighted by molar-refractivity contribution is 5.95. The zero-order chi connectivity index (χ0) is 27.0. The number of anilines is 1. The fourth-order valence-electron chi connectivity index (χ4n) is 3.94. The number of fused-ring (bicyclic) bond motifs is 3. The van der Waals surface area contributed by atoms with Gasteiger partial charge in [-0.3, -0.25) is 9.59 Å². The first-order valence-electron chi connectivity index (χ1n) is 11.8. The van der Waals surface area contributed by atoms with E-state index in [0.717, 1.165) is 41.5 Å². The van der Waals surface area contributed by atoms with Crippen LogP contribution in [0.15, 0.2) is 24.3 Å².